The van der Waals surface area contributed by atoms with Crippen molar-refractivity contribution in [2.24, 2.45) is 0 Å². The summed E-state index contributed by atoms with van der Waals surface area (Å²) in [7, 11) is 0. The fourth-order valence-electron chi connectivity index (χ4n) is 2.13. The molecule has 2 nitrogen and oxygen atoms in total. The number of nitrogens with zero attached hydrogens (tertiary/aromatic N) is 1. The Morgan fingerprint density at radius 3 is 2.75 bits per heavy atom. The highest BCUT2D eigenvalue weighted by atomic mass is 32.2. The number of hydrogen-bond donors (Lipinski definition) is 1. The molecule has 100 valence electrons. The van der Waals surface area contributed by atoms with Gasteiger partial charge in [-0.3, -0.25) is 4.98 Å². The molecular weight excluding hydrogens is 264 g/mol. The summed E-state index contributed by atoms with van der Waals surface area (Å²) < 4.78 is 0. The van der Waals surface area contributed by atoms with Gasteiger partial charge >= 0.3 is 0 Å². The van der Waals surface area contributed by atoms with Gasteiger partial charge in [0.1, 0.15) is 0 Å². The van der Waals surface area contributed by atoms with Crippen molar-refractivity contribution in [3.8, 4) is 0 Å². The van der Waals surface area contributed by atoms with E-state index in [0.717, 1.165) is 28.2 Å². The number of nitrogen functional groups attached to an aromatic ring is 1. The number of rotatable bonds is 3. The van der Waals surface area contributed by atoms with Crippen molar-refractivity contribution < 1.29 is 0 Å². The second-order valence-corrected chi connectivity index (χ2v) is 5.77. The minimum Gasteiger partial charge on any atom is -0.398 e. The lowest BCUT2D eigenvalue weighted by atomic mass is 10.2. The first-order valence-electron chi connectivity index (χ1n) is 6.56. The molecule has 1 heterocycles. The third-order valence-electron chi connectivity index (χ3n) is 3.36. The maximum absolute atomic E-state index is 5.94. The van der Waals surface area contributed by atoms with E-state index in [2.05, 4.69) is 37.3 Å². The number of pyridine rings is 1. The van der Waals surface area contributed by atoms with Crippen molar-refractivity contribution >= 4 is 28.4 Å². The van der Waals surface area contributed by atoms with Crippen LogP contribution in [0.25, 0.3) is 10.9 Å². The maximum atomic E-state index is 5.94. The van der Waals surface area contributed by atoms with Crippen molar-refractivity contribution in [3.63, 3.8) is 0 Å². The van der Waals surface area contributed by atoms with E-state index in [-0.39, 0.29) is 0 Å². The number of fused-ring (bicyclic) bond motifs is 1. The van der Waals surface area contributed by atoms with Crippen LogP contribution in [0.15, 0.2) is 59.5 Å². The quantitative estimate of drug-likeness (QED) is 0.570. The molecule has 2 N–H and O–H groups in total. The van der Waals surface area contributed by atoms with E-state index >= 15 is 0 Å². The first-order chi connectivity index (χ1) is 9.74. The van der Waals surface area contributed by atoms with Crippen LogP contribution in [0.2, 0.25) is 0 Å². The maximum Gasteiger partial charge on any atom is 0.0705 e. The van der Waals surface area contributed by atoms with Gasteiger partial charge in [-0.1, -0.05) is 30.3 Å². The predicted molar refractivity (Wildman–Crippen MR) is 86.9 cm³/mol. The third-order valence-corrected chi connectivity index (χ3v) is 4.55. The number of aromatic nitrogens is 1. The molecule has 0 radical (unpaired) electrons. The fourth-order valence-corrected chi connectivity index (χ4v) is 3.10. The molecule has 2 aromatic carbocycles. The summed E-state index contributed by atoms with van der Waals surface area (Å²) in [6.45, 7) is 2.06. The minimum absolute atomic E-state index is 0.849. The third kappa shape index (κ3) is 2.63. The number of anilines is 1. The van der Waals surface area contributed by atoms with Gasteiger partial charge in [-0.25, -0.2) is 0 Å². The number of benzene rings is 2. The Hall–Kier alpha value is -2.00. The summed E-state index contributed by atoms with van der Waals surface area (Å²) >= 11 is 1.78. The minimum atomic E-state index is 0.849. The highest BCUT2D eigenvalue weighted by Gasteiger charge is 2.04. The largest absolute Gasteiger partial charge is 0.398 e. The highest BCUT2D eigenvalue weighted by Crippen LogP contribution is 2.28. The second kappa shape index (κ2) is 5.55. The molecule has 3 rings (SSSR count). The lowest BCUT2D eigenvalue weighted by molar-refractivity contribution is 1.21. The van der Waals surface area contributed by atoms with Gasteiger partial charge in [0, 0.05) is 21.7 Å². The normalized spacial score (nSPS) is 10.8. The van der Waals surface area contributed by atoms with Crippen LogP contribution in [-0.2, 0) is 5.75 Å². The zero-order chi connectivity index (χ0) is 13.9. The first kappa shape index (κ1) is 13.0. The van der Waals surface area contributed by atoms with Crippen molar-refractivity contribution in [3.05, 3.63) is 65.9 Å². The summed E-state index contributed by atoms with van der Waals surface area (Å²) in [5.74, 6) is 0.856. The molecule has 1 aromatic heterocycles. The van der Waals surface area contributed by atoms with E-state index in [1.807, 2.05) is 24.3 Å². The lowest BCUT2D eigenvalue weighted by Crippen LogP contribution is -1.92. The van der Waals surface area contributed by atoms with E-state index in [1.165, 1.54) is 10.3 Å². The Bertz CT molecular complexity index is 753. The molecule has 0 aliphatic carbocycles. The molecule has 0 aliphatic heterocycles. The lowest BCUT2D eigenvalue weighted by Gasteiger charge is -2.08. The van der Waals surface area contributed by atoms with Gasteiger partial charge in [-0.15, -0.1) is 11.8 Å². The van der Waals surface area contributed by atoms with Crippen molar-refractivity contribution in [1.29, 1.82) is 0 Å². The van der Waals surface area contributed by atoms with E-state index in [1.54, 1.807) is 11.8 Å². The Kier molecular flexibility index (Phi) is 3.61. The topological polar surface area (TPSA) is 38.9 Å². The predicted octanol–water partition coefficient (Wildman–Crippen LogP) is 4.42. The Labute approximate surface area is 123 Å². The van der Waals surface area contributed by atoms with Gasteiger partial charge in [-0.2, -0.15) is 0 Å². The standard InChI is InChI=1S/C17H16N2S/c1-12-15(18)6-4-8-17(12)20-11-14-10-9-13-5-2-3-7-16(13)19-14/h2-10H,11,18H2,1H3. The average molecular weight is 280 g/mol. The molecule has 0 spiro atoms. The van der Waals surface area contributed by atoms with Gasteiger partial charge in [0.15, 0.2) is 0 Å². The first-order valence-corrected chi connectivity index (χ1v) is 7.55. The molecule has 0 unspecified atom stereocenters. The van der Waals surface area contributed by atoms with E-state index < -0.39 is 0 Å². The van der Waals surface area contributed by atoms with Crippen molar-refractivity contribution in [2.45, 2.75) is 17.6 Å². The molecule has 0 fully saturated rings. The summed E-state index contributed by atoms with van der Waals surface area (Å²) in [4.78, 5) is 5.91. The smallest absolute Gasteiger partial charge is 0.0705 e. The van der Waals surface area contributed by atoms with Crippen LogP contribution in [-0.4, -0.2) is 4.98 Å². The second-order valence-electron chi connectivity index (χ2n) is 4.75. The van der Waals surface area contributed by atoms with E-state index in [4.69, 9.17) is 10.7 Å². The molecule has 0 aliphatic rings. The Morgan fingerprint density at radius 1 is 1.00 bits per heavy atom. The van der Waals surface area contributed by atoms with Gasteiger partial charge in [0.25, 0.3) is 0 Å². The Morgan fingerprint density at radius 2 is 1.85 bits per heavy atom. The van der Waals surface area contributed by atoms with Crippen LogP contribution in [0.5, 0.6) is 0 Å². The highest BCUT2D eigenvalue weighted by molar-refractivity contribution is 7.98. The molecule has 0 atom stereocenters. The number of nitrogens with two attached hydrogens (primary N) is 1. The molecule has 0 bridgehead atoms. The van der Waals surface area contributed by atoms with Crippen LogP contribution in [0.4, 0.5) is 5.69 Å². The monoisotopic (exact) mass is 280 g/mol. The molecule has 20 heavy (non-hydrogen) atoms. The SMILES string of the molecule is Cc1c(N)cccc1SCc1ccc2ccccc2n1. The van der Waals surface area contributed by atoms with E-state index in [9.17, 15) is 0 Å². The number of hydrogen-bond acceptors (Lipinski definition) is 3. The zero-order valence-electron chi connectivity index (χ0n) is 11.3. The summed E-state index contributed by atoms with van der Waals surface area (Å²) in [6, 6.07) is 18.5. The van der Waals surface area contributed by atoms with Crippen LogP contribution in [0.1, 0.15) is 11.3 Å². The Balaban J connectivity index is 1.81. The molecular formula is C17H16N2S. The summed E-state index contributed by atoms with van der Waals surface area (Å²) in [5, 5.41) is 1.18. The fraction of sp³-hybridized carbons (Fsp3) is 0.118. The van der Waals surface area contributed by atoms with Crippen molar-refractivity contribution in [1.82, 2.24) is 4.98 Å². The number of para-hydroxylation sites is 1. The van der Waals surface area contributed by atoms with Gasteiger partial charge < -0.3 is 5.73 Å². The summed E-state index contributed by atoms with van der Waals surface area (Å²) in [5.41, 5.74) is 10.1. The molecule has 3 heteroatoms. The van der Waals surface area contributed by atoms with Crippen LogP contribution < -0.4 is 5.73 Å². The molecule has 3 aromatic rings. The van der Waals surface area contributed by atoms with Crippen LogP contribution in [0, 0.1) is 6.92 Å². The van der Waals surface area contributed by atoms with Crippen LogP contribution in [0.3, 0.4) is 0 Å². The molecule has 0 amide bonds. The van der Waals surface area contributed by atoms with Crippen LogP contribution >= 0.6 is 11.8 Å². The average Bonchev–Trinajstić information content (AvgIpc) is 2.48. The van der Waals surface area contributed by atoms with E-state index in [0.29, 0.717) is 0 Å². The molecule has 0 saturated heterocycles. The van der Waals surface area contributed by atoms with Gasteiger partial charge in [-0.05, 0) is 36.8 Å². The van der Waals surface area contributed by atoms with Gasteiger partial charge in [0.2, 0.25) is 0 Å². The zero-order valence-corrected chi connectivity index (χ0v) is 12.2. The van der Waals surface area contributed by atoms with Gasteiger partial charge in [0.05, 0.1) is 11.2 Å². The number of thioether (sulfide) groups is 1. The van der Waals surface area contributed by atoms with Crippen molar-refractivity contribution in [2.75, 3.05) is 5.73 Å². The molecule has 0 saturated carbocycles. The summed E-state index contributed by atoms with van der Waals surface area (Å²) in [6.07, 6.45) is 0.